The van der Waals surface area contributed by atoms with Crippen molar-refractivity contribution in [2.75, 3.05) is 7.11 Å². The van der Waals surface area contributed by atoms with E-state index in [-0.39, 0.29) is 0 Å². The molecule has 1 aromatic heterocycles. The summed E-state index contributed by atoms with van der Waals surface area (Å²) >= 11 is 0. The number of benzene rings is 3. The van der Waals surface area contributed by atoms with E-state index in [1.165, 1.54) is 0 Å². The second-order valence-corrected chi connectivity index (χ2v) is 7.39. The Bertz CT molecular complexity index is 1240. The maximum Gasteiger partial charge on any atom is 0.344 e. The van der Waals surface area contributed by atoms with Crippen LogP contribution in [0.2, 0.25) is 0 Å². The Labute approximate surface area is 176 Å². The lowest BCUT2D eigenvalue weighted by molar-refractivity contribution is 0.0735. The van der Waals surface area contributed by atoms with E-state index in [4.69, 9.17) is 14.5 Å². The van der Waals surface area contributed by atoms with Crippen molar-refractivity contribution in [2.45, 2.75) is 20.8 Å². The number of nitrogens with zero attached hydrogens (tertiary/aromatic N) is 1. The fourth-order valence-electron chi connectivity index (χ4n) is 3.41. The minimum absolute atomic E-state index is 0.392. The molecule has 0 saturated carbocycles. The van der Waals surface area contributed by atoms with E-state index in [1.807, 2.05) is 81.4 Å². The Morgan fingerprint density at radius 1 is 0.900 bits per heavy atom. The molecule has 0 aliphatic rings. The van der Waals surface area contributed by atoms with E-state index in [0.717, 1.165) is 38.9 Å². The maximum atomic E-state index is 13.2. The van der Waals surface area contributed by atoms with Gasteiger partial charge in [0.2, 0.25) is 0 Å². The average Bonchev–Trinajstić information content (AvgIpc) is 2.76. The molecule has 0 radical (unpaired) electrons. The van der Waals surface area contributed by atoms with Gasteiger partial charge < -0.3 is 9.47 Å². The predicted octanol–water partition coefficient (Wildman–Crippen LogP) is 6.05. The number of hydrogen-bond donors (Lipinski definition) is 0. The molecule has 150 valence electrons. The van der Waals surface area contributed by atoms with Gasteiger partial charge in [-0.15, -0.1) is 0 Å². The summed E-state index contributed by atoms with van der Waals surface area (Å²) in [5.41, 5.74) is 5.95. The van der Waals surface area contributed by atoms with Crippen molar-refractivity contribution in [3.05, 3.63) is 89.0 Å². The fraction of sp³-hybridized carbons (Fsp3) is 0.154. The molecule has 3 aromatic carbocycles. The lowest BCUT2D eigenvalue weighted by Gasteiger charge is -2.13. The van der Waals surface area contributed by atoms with Crippen LogP contribution in [-0.2, 0) is 0 Å². The Morgan fingerprint density at radius 2 is 1.67 bits per heavy atom. The molecule has 0 amide bonds. The lowest BCUT2D eigenvalue weighted by atomic mass is 10.0. The van der Waals surface area contributed by atoms with Gasteiger partial charge in [-0.05, 0) is 80.4 Å². The van der Waals surface area contributed by atoms with Gasteiger partial charge in [-0.1, -0.05) is 23.8 Å². The number of esters is 1. The summed E-state index contributed by atoms with van der Waals surface area (Å²) in [5, 5.41) is 0.780. The van der Waals surface area contributed by atoms with Crippen LogP contribution in [0.4, 0.5) is 0 Å². The van der Waals surface area contributed by atoms with Crippen LogP contribution in [0, 0.1) is 20.8 Å². The van der Waals surface area contributed by atoms with Gasteiger partial charge in [-0.25, -0.2) is 9.78 Å². The third-order valence-corrected chi connectivity index (χ3v) is 5.33. The second kappa shape index (κ2) is 7.99. The molecule has 1 heterocycles. The number of fused-ring (bicyclic) bond motifs is 1. The highest BCUT2D eigenvalue weighted by Crippen LogP contribution is 2.29. The minimum atomic E-state index is -0.392. The van der Waals surface area contributed by atoms with Gasteiger partial charge in [-0.2, -0.15) is 0 Å². The van der Waals surface area contributed by atoms with Gasteiger partial charge >= 0.3 is 5.97 Å². The topological polar surface area (TPSA) is 48.4 Å². The summed E-state index contributed by atoms with van der Waals surface area (Å²) in [6.07, 6.45) is 0. The Balaban J connectivity index is 1.82. The SMILES string of the molecule is COc1ccc(-c2cc(C(=O)Oc3cccc(C)c3C)c3cc(C)ccc3n2)cc1. The van der Waals surface area contributed by atoms with Crippen molar-refractivity contribution in [3.63, 3.8) is 0 Å². The first-order chi connectivity index (χ1) is 14.5. The molecule has 4 nitrogen and oxygen atoms in total. The van der Waals surface area contributed by atoms with Crippen molar-refractivity contribution in [1.29, 1.82) is 0 Å². The highest BCUT2D eigenvalue weighted by atomic mass is 16.5. The van der Waals surface area contributed by atoms with Crippen molar-refractivity contribution >= 4 is 16.9 Å². The number of carbonyl (C=O) groups excluding carboxylic acids is 1. The Morgan fingerprint density at radius 3 is 2.40 bits per heavy atom. The number of methoxy groups -OCH3 is 1. The van der Waals surface area contributed by atoms with E-state index < -0.39 is 5.97 Å². The number of pyridine rings is 1. The van der Waals surface area contributed by atoms with Crippen molar-refractivity contribution in [2.24, 2.45) is 0 Å². The molecular formula is C26H23NO3. The van der Waals surface area contributed by atoms with Crippen LogP contribution in [0.5, 0.6) is 11.5 Å². The summed E-state index contributed by atoms with van der Waals surface area (Å²) in [5.74, 6) is 0.949. The molecule has 0 saturated heterocycles. The standard InChI is InChI=1S/C26H23NO3/c1-16-8-13-23-21(14-16)22(26(28)30-25-7-5-6-17(2)18(25)3)15-24(27-23)19-9-11-20(29-4)12-10-19/h5-15H,1-4H3. The first kappa shape index (κ1) is 19.6. The molecule has 0 aliphatic heterocycles. The van der Waals surface area contributed by atoms with Gasteiger partial charge in [0.1, 0.15) is 11.5 Å². The zero-order valence-corrected chi connectivity index (χ0v) is 17.5. The molecule has 0 N–H and O–H groups in total. The van der Waals surface area contributed by atoms with Crippen LogP contribution in [0.3, 0.4) is 0 Å². The van der Waals surface area contributed by atoms with Crippen LogP contribution >= 0.6 is 0 Å². The Hall–Kier alpha value is -3.66. The number of aromatic nitrogens is 1. The molecule has 0 bridgehead atoms. The molecule has 0 aliphatic carbocycles. The van der Waals surface area contributed by atoms with Gasteiger partial charge in [0.15, 0.2) is 0 Å². The first-order valence-corrected chi connectivity index (χ1v) is 9.80. The number of carbonyl (C=O) groups is 1. The van der Waals surface area contributed by atoms with Crippen LogP contribution in [0.25, 0.3) is 22.2 Å². The van der Waals surface area contributed by atoms with Crippen LogP contribution in [-0.4, -0.2) is 18.1 Å². The molecule has 0 spiro atoms. The largest absolute Gasteiger partial charge is 0.497 e. The van der Waals surface area contributed by atoms with E-state index in [2.05, 4.69) is 0 Å². The van der Waals surface area contributed by atoms with Crippen molar-refractivity contribution in [1.82, 2.24) is 4.98 Å². The van der Waals surface area contributed by atoms with Crippen LogP contribution in [0.15, 0.2) is 66.7 Å². The van der Waals surface area contributed by atoms with Crippen LogP contribution < -0.4 is 9.47 Å². The highest BCUT2D eigenvalue weighted by molar-refractivity contribution is 6.05. The average molecular weight is 397 g/mol. The predicted molar refractivity (Wildman–Crippen MR) is 119 cm³/mol. The van der Waals surface area contributed by atoms with Gasteiger partial charge in [0.05, 0.1) is 23.9 Å². The maximum absolute atomic E-state index is 13.2. The third-order valence-electron chi connectivity index (χ3n) is 5.33. The summed E-state index contributed by atoms with van der Waals surface area (Å²) < 4.78 is 11.0. The Kier molecular flexibility index (Phi) is 5.23. The van der Waals surface area contributed by atoms with E-state index >= 15 is 0 Å². The van der Waals surface area contributed by atoms with Gasteiger partial charge in [0.25, 0.3) is 0 Å². The van der Waals surface area contributed by atoms with Crippen molar-refractivity contribution in [3.8, 4) is 22.8 Å². The lowest BCUT2D eigenvalue weighted by Crippen LogP contribution is -2.11. The fourth-order valence-corrected chi connectivity index (χ4v) is 3.41. The molecule has 0 unspecified atom stereocenters. The van der Waals surface area contributed by atoms with Gasteiger partial charge in [0, 0.05) is 10.9 Å². The van der Waals surface area contributed by atoms with Crippen LogP contribution in [0.1, 0.15) is 27.0 Å². The molecular weight excluding hydrogens is 374 g/mol. The molecule has 4 aromatic rings. The zero-order chi connectivity index (χ0) is 21.3. The highest BCUT2D eigenvalue weighted by Gasteiger charge is 2.17. The second-order valence-electron chi connectivity index (χ2n) is 7.39. The zero-order valence-electron chi connectivity index (χ0n) is 17.5. The quantitative estimate of drug-likeness (QED) is 0.310. The van der Waals surface area contributed by atoms with E-state index in [9.17, 15) is 4.79 Å². The molecule has 0 fully saturated rings. The van der Waals surface area contributed by atoms with Crippen molar-refractivity contribution < 1.29 is 14.3 Å². The number of rotatable bonds is 4. The number of aryl methyl sites for hydroxylation is 2. The van der Waals surface area contributed by atoms with E-state index in [1.54, 1.807) is 13.2 Å². The summed E-state index contributed by atoms with van der Waals surface area (Å²) in [6.45, 7) is 5.95. The minimum Gasteiger partial charge on any atom is -0.497 e. The summed E-state index contributed by atoms with van der Waals surface area (Å²) in [7, 11) is 1.63. The summed E-state index contributed by atoms with van der Waals surface area (Å²) in [4.78, 5) is 18.0. The molecule has 4 heteroatoms. The summed E-state index contributed by atoms with van der Waals surface area (Å²) in [6, 6.07) is 21.0. The third kappa shape index (κ3) is 3.77. The molecule has 30 heavy (non-hydrogen) atoms. The molecule has 0 atom stereocenters. The monoisotopic (exact) mass is 397 g/mol. The smallest absolute Gasteiger partial charge is 0.344 e. The van der Waals surface area contributed by atoms with Gasteiger partial charge in [-0.3, -0.25) is 0 Å². The normalized spacial score (nSPS) is 10.8. The number of ether oxygens (including phenoxy) is 2. The first-order valence-electron chi connectivity index (χ1n) is 9.80. The molecule has 4 rings (SSSR count). The van der Waals surface area contributed by atoms with E-state index in [0.29, 0.717) is 17.0 Å². The number of hydrogen-bond acceptors (Lipinski definition) is 4.